The second kappa shape index (κ2) is 5.78. The van der Waals surface area contributed by atoms with Crippen molar-refractivity contribution >= 4 is 30.0 Å². The Morgan fingerprint density at radius 2 is 1.80 bits per heavy atom. The molecule has 0 saturated carbocycles. The van der Waals surface area contributed by atoms with Gasteiger partial charge in [0.05, 0.1) is 0 Å². The Balaban J connectivity index is 2.25. The molecule has 0 saturated heterocycles. The van der Waals surface area contributed by atoms with Crippen molar-refractivity contribution in [3.05, 3.63) is 53.7 Å². The second-order valence-corrected chi connectivity index (χ2v) is 7.77. The normalized spacial score (nSPS) is 11.3. The van der Waals surface area contributed by atoms with Gasteiger partial charge in [0.15, 0.2) is 0 Å². The van der Waals surface area contributed by atoms with Gasteiger partial charge in [-0.3, -0.25) is 0 Å². The SMILES string of the molecule is CC(C)(C)c1ccc([Se]c2ncccc2C(=O)O)cc1. The Bertz CT molecular complexity index is 615. The molecule has 0 unspecified atom stereocenters. The van der Waals surface area contributed by atoms with Crippen LogP contribution >= 0.6 is 0 Å². The summed E-state index contributed by atoms with van der Waals surface area (Å²) in [7, 11) is 0. The van der Waals surface area contributed by atoms with Gasteiger partial charge in [-0.05, 0) is 0 Å². The topological polar surface area (TPSA) is 50.2 Å². The summed E-state index contributed by atoms with van der Waals surface area (Å²) in [5.41, 5.74) is 1.70. The van der Waals surface area contributed by atoms with Crippen molar-refractivity contribution in [2.24, 2.45) is 0 Å². The summed E-state index contributed by atoms with van der Waals surface area (Å²) in [6, 6.07) is 11.6. The number of rotatable bonds is 3. The first-order chi connectivity index (χ1) is 9.38. The molecule has 1 aromatic carbocycles. The summed E-state index contributed by atoms with van der Waals surface area (Å²) in [5.74, 6) is -0.915. The van der Waals surface area contributed by atoms with Crippen LogP contribution in [0.5, 0.6) is 0 Å². The Morgan fingerprint density at radius 1 is 1.15 bits per heavy atom. The summed E-state index contributed by atoms with van der Waals surface area (Å²) in [6.45, 7) is 6.53. The molecule has 20 heavy (non-hydrogen) atoms. The average molecular weight is 334 g/mol. The molecule has 0 aliphatic carbocycles. The number of carboxylic acids is 1. The zero-order chi connectivity index (χ0) is 14.8. The van der Waals surface area contributed by atoms with Crippen molar-refractivity contribution in [3.63, 3.8) is 0 Å². The maximum absolute atomic E-state index is 11.2. The Morgan fingerprint density at radius 3 is 2.35 bits per heavy atom. The van der Waals surface area contributed by atoms with Crippen LogP contribution in [0.3, 0.4) is 0 Å². The quantitative estimate of drug-likeness (QED) is 0.870. The number of carboxylic acid groups (broad SMARTS) is 1. The molecule has 1 heterocycles. The van der Waals surface area contributed by atoms with Crippen LogP contribution in [0.1, 0.15) is 36.7 Å². The molecule has 0 fully saturated rings. The van der Waals surface area contributed by atoms with Crippen LogP contribution in [0.2, 0.25) is 0 Å². The van der Waals surface area contributed by atoms with E-state index in [1.807, 2.05) is 0 Å². The van der Waals surface area contributed by atoms with E-state index < -0.39 is 5.97 Å². The molecular formula is C16H17NO2Se. The van der Waals surface area contributed by atoms with Gasteiger partial charge in [0.25, 0.3) is 0 Å². The van der Waals surface area contributed by atoms with Crippen molar-refractivity contribution in [2.45, 2.75) is 26.2 Å². The third-order valence-corrected chi connectivity index (χ3v) is 5.09. The first-order valence-corrected chi connectivity index (χ1v) is 8.06. The summed E-state index contributed by atoms with van der Waals surface area (Å²) in [6.07, 6.45) is 1.65. The Kier molecular flexibility index (Phi) is 4.26. The summed E-state index contributed by atoms with van der Waals surface area (Å²) in [4.78, 5) is 15.4. The van der Waals surface area contributed by atoms with Crippen molar-refractivity contribution in [1.29, 1.82) is 0 Å². The molecule has 104 valence electrons. The van der Waals surface area contributed by atoms with Crippen LogP contribution in [-0.2, 0) is 5.41 Å². The van der Waals surface area contributed by atoms with Crippen LogP contribution < -0.4 is 9.05 Å². The zero-order valence-corrected chi connectivity index (χ0v) is 13.5. The number of aromatic carboxylic acids is 1. The monoisotopic (exact) mass is 335 g/mol. The van der Waals surface area contributed by atoms with E-state index in [-0.39, 0.29) is 20.4 Å². The van der Waals surface area contributed by atoms with Crippen LogP contribution in [0, 0.1) is 0 Å². The van der Waals surface area contributed by atoms with Crippen molar-refractivity contribution in [1.82, 2.24) is 4.98 Å². The van der Waals surface area contributed by atoms with Gasteiger partial charge in [-0.25, -0.2) is 0 Å². The number of carbonyl (C=O) groups is 1. The van der Waals surface area contributed by atoms with Gasteiger partial charge in [-0.2, -0.15) is 0 Å². The summed E-state index contributed by atoms with van der Waals surface area (Å²) in [5, 5.41) is 9.16. The van der Waals surface area contributed by atoms with E-state index in [0.717, 1.165) is 4.46 Å². The third kappa shape index (κ3) is 3.47. The predicted molar refractivity (Wildman–Crippen MR) is 81.4 cm³/mol. The van der Waals surface area contributed by atoms with Crippen LogP contribution in [0.15, 0.2) is 42.6 Å². The molecule has 0 amide bonds. The van der Waals surface area contributed by atoms with Crippen molar-refractivity contribution in [3.8, 4) is 0 Å². The zero-order valence-electron chi connectivity index (χ0n) is 11.8. The average Bonchev–Trinajstić information content (AvgIpc) is 2.38. The first kappa shape index (κ1) is 14.8. The van der Waals surface area contributed by atoms with Gasteiger partial charge >= 0.3 is 125 Å². The molecule has 2 aromatic rings. The van der Waals surface area contributed by atoms with Crippen LogP contribution in [-0.4, -0.2) is 31.0 Å². The Labute approximate surface area is 125 Å². The van der Waals surface area contributed by atoms with E-state index in [1.165, 1.54) is 5.56 Å². The molecule has 1 N–H and O–H groups in total. The fourth-order valence-electron chi connectivity index (χ4n) is 1.77. The molecule has 0 bridgehead atoms. The van der Waals surface area contributed by atoms with Crippen molar-refractivity contribution < 1.29 is 9.90 Å². The molecule has 0 spiro atoms. The first-order valence-electron chi connectivity index (χ1n) is 6.34. The number of aromatic nitrogens is 1. The maximum atomic E-state index is 11.2. The van der Waals surface area contributed by atoms with Gasteiger partial charge in [-0.1, -0.05) is 0 Å². The van der Waals surface area contributed by atoms with Crippen LogP contribution in [0.4, 0.5) is 0 Å². The minimum atomic E-state index is -0.915. The van der Waals surface area contributed by atoms with Gasteiger partial charge in [0, 0.05) is 0 Å². The van der Waals surface area contributed by atoms with Gasteiger partial charge < -0.3 is 0 Å². The van der Waals surface area contributed by atoms with Gasteiger partial charge in [0.1, 0.15) is 0 Å². The molecule has 0 radical (unpaired) electrons. The van der Waals surface area contributed by atoms with Gasteiger partial charge in [-0.15, -0.1) is 0 Å². The number of hydrogen-bond acceptors (Lipinski definition) is 2. The van der Waals surface area contributed by atoms with E-state index in [1.54, 1.807) is 18.3 Å². The molecule has 1 aromatic heterocycles. The van der Waals surface area contributed by atoms with E-state index >= 15 is 0 Å². The molecule has 0 aliphatic rings. The van der Waals surface area contributed by atoms with E-state index in [9.17, 15) is 4.79 Å². The molecule has 0 aliphatic heterocycles. The molecule has 2 rings (SSSR count). The summed E-state index contributed by atoms with van der Waals surface area (Å²) < 4.78 is 1.79. The summed E-state index contributed by atoms with van der Waals surface area (Å²) >= 11 is -0.0919. The number of benzene rings is 1. The minimum absolute atomic E-state index is 0.0919. The second-order valence-electron chi connectivity index (χ2n) is 5.54. The molecule has 4 heteroatoms. The van der Waals surface area contributed by atoms with Crippen molar-refractivity contribution in [2.75, 3.05) is 0 Å². The Hall–Kier alpha value is -1.64. The number of hydrogen-bond donors (Lipinski definition) is 1. The van der Waals surface area contributed by atoms with Crippen LogP contribution in [0.25, 0.3) is 0 Å². The van der Waals surface area contributed by atoms with E-state index in [4.69, 9.17) is 5.11 Å². The third-order valence-electron chi connectivity index (χ3n) is 2.94. The fourth-order valence-corrected chi connectivity index (χ4v) is 3.60. The predicted octanol–water partition coefficient (Wildman–Crippen LogP) is 1.73. The van der Waals surface area contributed by atoms with E-state index in [2.05, 4.69) is 50.0 Å². The fraction of sp³-hybridized carbons (Fsp3) is 0.250. The number of pyridine rings is 1. The number of nitrogens with zero attached hydrogens (tertiary/aromatic N) is 1. The standard InChI is InChI=1S/C16H17NO2Se/c1-16(2,3)11-6-8-12(9-7-11)20-14-13(15(18)19)5-4-10-17-14/h4-10H,1-3H3,(H,18,19). The molecule has 0 atom stereocenters. The molecule has 3 nitrogen and oxygen atoms in total. The van der Waals surface area contributed by atoms with E-state index in [0.29, 0.717) is 10.2 Å². The van der Waals surface area contributed by atoms with Gasteiger partial charge in [0.2, 0.25) is 0 Å². The molecular weight excluding hydrogens is 317 g/mol.